The molecule has 1 unspecified atom stereocenters. The van der Waals surface area contributed by atoms with Gasteiger partial charge in [0.1, 0.15) is 5.82 Å². The molecule has 0 aliphatic heterocycles. The number of amides is 1. The second-order valence-corrected chi connectivity index (χ2v) is 6.34. The van der Waals surface area contributed by atoms with Gasteiger partial charge in [-0.2, -0.15) is 0 Å². The zero-order valence-electron chi connectivity index (χ0n) is 14.0. The van der Waals surface area contributed by atoms with Crippen molar-refractivity contribution in [1.82, 2.24) is 9.88 Å². The Bertz CT molecular complexity index is 798. The van der Waals surface area contributed by atoms with E-state index in [9.17, 15) is 18.8 Å². The average Bonchev–Trinajstić information content (AvgIpc) is 2.90. The third-order valence-corrected chi connectivity index (χ3v) is 4.45. The third kappa shape index (κ3) is 5.53. The van der Waals surface area contributed by atoms with Crippen molar-refractivity contribution in [3.63, 3.8) is 0 Å². The number of nitrogens with one attached hydrogen (secondary N) is 1. The van der Waals surface area contributed by atoms with E-state index in [1.807, 2.05) is 0 Å². The van der Waals surface area contributed by atoms with Crippen LogP contribution in [-0.4, -0.2) is 22.5 Å². The van der Waals surface area contributed by atoms with Gasteiger partial charge in [-0.15, -0.1) is 0 Å². The smallest absolute Gasteiger partial charge is 0.308 e. The van der Waals surface area contributed by atoms with Crippen LogP contribution >= 0.6 is 11.3 Å². The Hall–Kier alpha value is -2.48. The van der Waals surface area contributed by atoms with E-state index in [4.69, 9.17) is 4.74 Å². The molecule has 1 aromatic heterocycles. The number of thiazole rings is 1. The van der Waals surface area contributed by atoms with Crippen molar-refractivity contribution in [3.05, 3.63) is 56.4 Å². The molecule has 2 aromatic rings. The molecule has 6 nitrogen and oxygen atoms in total. The topological polar surface area (TPSA) is 77.4 Å². The maximum absolute atomic E-state index is 12.8. The first-order chi connectivity index (χ1) is 11.9. The predicted octanol–water partition coefficient (Wildman–Crippen LogP) is 2.00. The minimum atomic E-state index is -0.951. The van der Waals surface area contributed by atoms with Gasteiger partial charge in [0, 0.05) is 24.2 Å². The molecule has 0 fully saturated rings. The summed E-state index contributed by atoms with van der Waals surface area (Å²) in [6.45, 7) is 3.69. The number of aromatic nitrogens is 1. The zero-order valence-corrected chi connectivity index (χ0v) is 14.8. The van der Waals surface area contributed by atoms with Crippen molar-refractivity contribution in [2.45, 2.75) is 39.5 Å². The number of carbonyl (C=O) groups is 2. The molecule has 1 aromatic carbocycles. The molecule has 0 radical (unpaired) electrons. The fraction of sp³-hybridized carbons (Fsp3) is 0.353. The van der Waals surface area contributed by atoms with E-state index in [1.165, 1.54) is 23.6 Å². The van der Waals surface area contributed by atoms with Crippen LogP contribution < -0.4 is 10.2 Å². The third-order valence-electron chi connectivity index (χ3n) is 3.57. The number of carbonyl (C=O) groups excluding carboxylic acids is 2. The molecule has 25 heavy (non-hydrogen) atoms. The fourth-order valence-corrected chi connectivity index (χ4v) is 2.88. The van der Waals surface area contributed by atoms with Gasteiger partial charge < -0.3 is 14.6 Å². The highest BCUT2D eigenvalue weighted by molar-refractivity contribution is 7.07. The summed E-state index contributed by atoms with van der Waals surface area (Å²) >= 11 is 1.07. The zero-order chi connectivity index (χ0) is 18.4. The van der Waals surface area contributed by atoms with Gasteiger partial charge in [0.05, 0.1) is 6.42 Å². The van der Waals surface area contributed by atoms with Crippen LogP contribution in [0.15, 0.2) is 34.4 Å². The molecule has 1 amide bonds. The standard InChI is InChI=1S/C17H19FN2O4S/c1-11-10-25-17(23)20(11)8-7-15(21)24-12(2)16(22)19-9-13-3-5-14(18)6-4-13/h3-6,10,12H,7-9H2,1-2H3,(H,19,22). The number of aryl methyl sites for hydroxylation is 1. The van der Waals surface area contributed by atoms with E-state index >= 15 is 0 Å². The van der Waals surface area contributed by atoms with Gasteiger partial charge in [-0.3, -0.25) is 14.4 Å². The Morgan fingerprint density at radius 3 is 2.60 bits per heavy atom. The molecule has 0 saturated heterocycles. The highest BCUT2D eigenvalue weighted by atomic mass is 32.1. The first-order valence-electron chi connectivity index (χ1n) is 7.73. The molecule has 134 valence electrons. The largest absolute Gasteiger partial charge is 0.452 e. The maximum Gasteiger partial charge on any atom is 0.308 e. The number of hydrogen-bond acceptors (Lipinski definition) is 5. The summed E-state index contributed by atoms with van der Waals surface area (Å²) in [6, 6.07) is 5.74. The van der Waals surface area contributed by atoms with Crippen molar-refractivity contribution < 1.29 is 18.7 Å². The molecule has 2 rings (SSSR count). The lowest BCUT2D eigenvalue weighted by Crippen LogP contribution is -2.35. The Kier molecular flexibility index (Phi) is 6.46. The summed E-state index contributed by atoms with van der Waals surface area (Å²) in [7, 11) is 0. The molecular weight excluding hydrogens is 347 g/mol. The van der Waals surface area contributed by atoms with Crippen LogP contribution in [0.1, 0.15) is 24.6 Å². The SMILES string of the molecule is Cc1csc(=O)n1CCC(=O)OC(C)C(=O)NCc1ccc(F)cc1. The summed E-state index contributed by atoms with van der Waals surface area (Å²) in [5, 5.41) is 4.34. The summed E-state index contributed by atoms with van der Waals surface area (Å²) in [6.07, 6.45) is -0.944. The second kappa shape index (κ2) is 8.57. The van der Waals surface area contributed by atoms with Gasteiger partial charge >= 0.3 is 10.8 Å². The Morgan fingerprint density at radius 1 is 1.32 bits per heavy atom. The van der Waals surface area contributed by atoms with Gasteiger partial charge in [0.25, 0.3) is 5.91 Å². The highest BCUT2D eigenvalue weighted by Gasteiger charge is 2.17. The van der Waals surface area contributed by atoms with Crippen molar-refractivity contribution in [1.29, 1.82) is 0 Å². The van der Waals surface area contributed by atoms with Gasteiger partial charge in [0.2, 0.25) is 0 Å². The number of hydrogen-bond donors (Lipinski definition) is 1. The molecule has 0 saturated carbocycles. The molecule has 0 aliphatic rings. The van der Waals surface area contributed by atoms with Crippen molar-refractivity contribution in [2.24, 2.45) is 0 Å². The van der Waals surface area contributed by atoms with Crippen LogP contribution in [0.2, 0.25) is 0 Å². The fourth-order valence-electron chi connectivity index (χ4n) is 2.12. The lowest BCUT2D eigenvalue weighted by molar-refractivity contribution is -0.155. The van der Waals surface area contributed by atoms with Crippen LogP contribution in [0.25, 0.3) is 0 Å². The second-order valence-electron chi connectivity index (χ2n) is 5.52. The monoisotopic (exact) mass is 366 g/mol. The Labute approximate surface area is 148 Å². The van der Waals surface area contributed by atoms with Crippen LogP contribution in [0, 0.1) is 12.7 Å². The molecule has 1 atom stereocenters. The number of rotatable bonds is 7. The normalized spacial score (nSPS) is 11.8. The first-order valence-corrected chi connectivity index (χ1v) is 8.61. The van der Waals surface area contributed by atoms with Crippen LogP contribution in [0.3, 0.4) is 0 Å². The number of benzene rings is 1. The van der Waals surface area contributed by atoms with Crippen LogP contribution in [-0.2, 0) is 27.4 Å². The molecule has 8 heteroatoms. The number of esters is 1. The summed E-state index contributed by atoms with van der Waals surface area (Å²) in [4.78, 5) is 35.2. The van der Waals surface area contributed by atoms with Gasteiger partial charge in [-0.25, -0.2) is 4.39 Å². The maximum atomic E-state index is 12.8. The highest BCUT2D eigenvalue weighted by Crippen LogP contribution is 2.04. The van der Waals surface area contributed by atoms with Gasteiger partial charge in [-0.1, -0.05) is 23.5 Å². The molecule has 0 bridgehead atoms. The van der Waals surface area contributed by atoms with Gasteiger partial charge in [0.15, 0.2) is 6.10 Å². The first kappa shape index (κ1) is 18.9. The average molecular weight is 366 g/mol. The number of halogens is 1. The summed E-state index contributed by atoms with van der Waals surface area (Å²) in [5.41, 5.74) is 1.52. The quantitative estimate of drug-likeness (QED) is 0.761. The lowest BCUT2D eigenvalue weighted by atomic mass is 10.2. The number of ether oxygens (including phenoxy) is 1. The Morgan fingerprint density at radius 2 is 2.00 bits per heavy atom. The van der Waals surface area contributed by atoms with Crippen molar-refractivity contribution in [3.8, 4) is 0 Å². The lowest BCUT2D eigenvalue weighted by Gasteiger charge is -2.14. The van der Waals surface area contributed by atoms with Crippen LogP contribution in [0.4, 0.5) is 4.39 Å². The van der Waals surface area contributed by atoms with Gasteiger partial charge in [-0.05, 0) is 31.5 Å². The van der Waals surface area contributed by atoms with E-state index in [-0.39, 0.29) is 30.2 Å². The van der Waals surface area contributed by atoms with Crippen molar-refractivity contribution in [2.75, 3.05) is 0 Å². The predicted molar refractivity (Wildman–Crippen MR) is 91.7 cm³/mol. The molecule has 1 N–H and O–H groups in total. The summed E-state index contributed by atoms with van der Waals surface area (Å²) in [5.74, 6) is -1.35. The molecular formula is C17H19FN2O4S. The van der Waals surface area contributed by atoms with E-state index in [1.54, 1.807) is 24.4 Å². The van der Waals surface area contributed by atoms with E-state index in [0.717, 1.165) is 22.6 Å². The van der Waals surface area contributed by atoms with E-state index in [0.29, 0.717) is 0 Å². The molecule has 0 spiro atoms. The molecule has 1 heterocycles. The van der Waals surface area contributed by atoms with Crippen molar-refractivity contribution >= 4 is 23.2 Å². The van der Waals surface area contributed by atoms with Crippen LogP contribution in [0.5, 0.6) is 0 Å². The number of nitrogens with zero attached hydrogens (tertiary/aromatic N) is 1. The Balaban J connectivity index is 1.77. The minimum absolute atomic E-state index is 0.00701. The van der Waals surface area contributed by atoms with E-state index in [2.05, 4.69) is 5.32 Å². The minimum Gasteiger partial charge on any atom is -0.452 e. The molecule has 0 aliphatic carbocycles. The summed E-state index contributed by atoms with van der Waals surface area (Å²) < 4.78 is 19.4. The van der Waals surface area contributed by atoms with E-state index < -0.39 is 18.0 Å².